The van der Waals surface area contributed by atoms with Crippen LogP contribution in [-0.2, 0) is 13.6 Å². The Hall–Kier alpha value is -0.880. The van der Waals surface area contributed by atoms with Crippen LogP contribution in [0.5, 0.6) is 0 Å². The standard InChI is InChI=1S/C15H21N3OS.ClH/c1-16-12-5-7-18(8-6-12)10-11-3-4-13-14(9-11)20-15(19)17(13)2;/h3-4,9,12,16H,5-8,10H2,1-2H3;1H. The van der Waals surface area contributed by atoms with Gasteiger partial charge in [0.2, 0.25) is 0 Å². The zero-order valence-corrected chi connectivity index (χ0v) is 14.1. The third-order valence-corrected chi connectivity index (χ3v) is 5.25. The molecular formula is C15H22ClN3OS. The first-order chi connectivity index (χ1) is 9.67. The van der Waals surface area contributed by atoms with Crippen LogP contribution in [0.2, 0.25) is 0 Å². The van der Waals surface area contributed by atoms with E-state index in [-0.39, 0.29) is 17.3 Å². The average molecular weight is 328 g/mol. The van der Waals surface area contributed by atoms with Crippen molar-refractivity contribution < 1.29 is 0 Å². The number of nitrogens with one attached hydrogen (secondary N) is 1. The minimum atomic E-state index is 0. The summed E-state index contributed by atoms with van der Waals surface area (Å²) in [6.45, 7) is 3.28. The largest absolute Gasteiger partial charge is 0.317 e. The van der Waals surface area contributed by atoms with E-state index in [1.165, 1.54) is 29.7 Å². The van der Waals surface area contributed by atoms with Crippen LogP contribution in [0.4, 0.5) is 0 Å². The summed E-state index contributed by atoms with van der Waals surface area (Å²) in [4.78, 5) is 14.3. The van der Waals surface area contributed by atoms with Gasteiger partial charge in [0, 0.05) is 19.6 Å². The molecule has 1 aromatic carbocycles. The fourth-order valence-electron chi connectivity index (χ4n) is 2.91. The van der Waals surface area contributed by atoms with E-state index in [2.05, 4.69) is 28.4 Å². The number of aryl methyl sites for hydroxylation is 1. The lowest BCUT2D eigenvalue weighted by Gasteiger charge is -2.31. The Morgan fingerprint density at radius 3 is 2.71 bits per heavy atom. The topological polar surface area (TPSA) is 37.3 Å². The lowest BCUT2D eigenvalue weighted by molar-refractivity contribution is 0.194. The molecule has 21 heavy (non-hydrogen) atoms. The van der Waals surface area contributed by atoms with Crippen molar-refractivity contribution in [2.45, 2.75) is 25.4 Å². The number of rotatable bonds is 3. The van der Waals surface area contributed by atoms with E-state index < -0.39 is 0 Å². The Balaban J connectivity index is 0.00000161. The molecule has 4 nitrogen and oxygen atoms in total. The molecule has 1 aliphatic heterocycles. The molecule has 0 saturated carbocycles. The number of aromatic nitrogens is 1. The van der Waals surface area contributed by atoms with E-state index in [1.807, 2.05) is 14.1 Å². The quantitative estimate of drug-likeness (QED) is 0.939. The maximum atomic E-state index is 11.7. The number of halogens is 1. The molecule has 2 aromatic rings. The highest BCUT2D eigenvalue weighted by Gasteiger charge is 2.17. The highest BCUT2D eigenvalue weighted by Crippen LogP contribution is 2.20. The molecule has 0 bridgehead atoms. The second-order valence-corrected chi connectivity index (χ2v) is 6.56. The fraction of sp³-hybridized carbons (Fsp3) is 0.533. The summed E-state index contributed by atoms with van der Waals surface area (Å²) in [6, 6.07) is 7.07. The van der Waals surface area contributed by atoms with Gasteiger partial charge in [0.25, 0.3) is 0 Å². The molecule has 0 radical (unpaired) electrons. The summed E-state index contributed by atoms with van der Waals surface area (Å²) in [7, 11) is 3.88. The monoisotopic (exact) mass is 327 g/mol. The Morgan fingerprint density at radius 2 is 2.05 bits per heavy atom. The summed E-state index contributed by atoms with van der Waals surface area (Å²) >= 11 is 1.34. The molecule has 1 fully saturated rings. The van der Waals surface area contributed by atoms with Crippen molar-refractivity contribution in [2.24, 2.45) is 7.05 Å². The lowest BCUT2D eigenvalue weighted by atomic mass is 10.0. The van der Waals surface area contributed by atoms with Crippen molar-refractivity contribution >= 4 is 34.0 Å². The molecule has 6 heteroatoms. The van der Waals surface area contributed by atoms with Crippen LogP contribution in [0.15, 0.2) is 23.0 Å². The number of benzene rings is 1. The van der Waals surface area contributed by atoms with Crippen molar-refractivity contribution in [3.05, 3.63) is 33.4 Å². The number of nitrogens with zero attached hydrogens (tertiary/aromatic N) is 2. The van der Waals surface area contributed by atoms with Crippen LogP contribution in [0, 0.1) is 0 Å². The van der Waals surface area contributed by atoms with Crippen LogP contribution in [0.3, 0.4) is 0 Å². The SMILES string of the molecule is CNC1CCN(Cc2ccc3c(c2)sc(=O)n3C)CC1.Cl. The van der Waals surface area contributed by atoms with Gasteiger partial charge < -0.3 is 9.88 Å². The predicted molar refractivity (Wildman–Crippen MR) is 91.7 cm³/mol. The van der Waals surface area contributed by atoms with E-state index in [0.717, 1.165) is 29.9 Å². The molecule has 1 N–H and O–H groups in total. The molecule has 116 valence electrons. The smallest absolute Gasteiger partial charge is 0.307 e. The molecule has 0 spiro atoms. The first-order valence-electron chi connectivity index (χ1n) is 7.15. The second-order valence-electron chi connectivity index (χ2n) is 5.57. The van der Waals surface area contributed by atoms with Gasteiger partial charge in [-0.15, -0.1) is 12.4 Å². The Labute approximate surface area is 135 Å². The summed E-state index contributed by atoms with van der Waals surface area (Å²) < 4.78 is 2.82. The van der Waals surface area contributed by atoms with Crippen LogP contribution in [0.1, 0.15) is 18.4 Å². The summed E-state index contributed by atoms with van der Waals surface area (Å²) in [5.74, 6) is 0. The predicted octanol–water partition coefficient (Wildman–Crippen LogP) is 2.21. The van der Waals surface area contributed by atoms with Gasteiger partial charge >= 0.3 is 4.87 Å². The van der Waals surface area contributed by atoms with Gasteiger partial charge in [-0.05, 0) is 50.7 Å². The number of fused-ring (bicyclic) bond motifs is 1. The van der Waals surface area contributed by atoms with Gasteiger partial charge in [-0.25, -0.2) is 0 Å². The first-order valence-corrected chi connectivity index (χ1v) is 7.97. The minimum Gasteiger partial charge on any atom is -0.317 e. The van der Waals surface area contributed by atoms with Crippen LogP contribution in [-0.4, -0.2) is 35.6 Å². The zero-order valence-electron chi connectivity index (χ0n) is 12.5. The number of piperidine rings is 1. The number of hydrogen-bond acceptors (Lipinski definition) is 4. The number of hydrogen-bond donors (Lipinski definition) is 1. The van der Waals surface area contributed by atoms with E-state index in [4.69, 9.17) is 0 Å². The molecule has 1 aromatic heterocycles. The van der Waals surface area contributed by atoms with Gasteiger partial charge in [-0.1, -0.05) is 17.4 Å². The first kappa shape index (κ1) is 16.5. The Morgan fingerprint density at radius 1 is 1.33 bits per heavy atom. The van der Waals surface area contributed by atoms with Crippen LogP contribution >= 0.6 is 23.7 Å². The van der Waals surface area contributed by atoms with Crippen molar-refractivity contribution in [1.29, 1.82) is 0 Å². The zero-order chi connectivity index (χ0) is 14.1. The fourth-order valence-corrected chi connectivity index (χ4v) is 3.86. The van der Waals surface area contributed by atoms with Gasteiger partial charge in [0.15, 0.2) is 0 Å². The van der Waals surface area contributed by atoms with E-state index >= 15 is 0 Å². The van der Waals surface area contributed by atoms with E-state index in [0.29, 0.717) is 6.04 Å². The Kier molecular flexibility index (Phi) is 5.43. The molecule has 0 amide bonds. The van der Waals surface area contributed by atoms with Gasteiger partial charge in [0.1, 0.15) is 0 Å². The molecule has 0 atom stereocenters. The van der Waals surface area contributed by atoms with Gasteiger partial charge in [-0.3, -0.25) is 9.69 Å². The van der Waals surface area contributed by atoms with Crippen molar-refractivity contribution in [3.63, 3.8) is 0 Å². The molecule has 1 saturated heterocycles. The third-order valence-electron chi connectivity index (χ3n) is 4.26. The number of thiazole rings is 1. The van der Waals surface area contributed by atoms with Crippen molar-refractivity contribution in [3.8, 4) is 0 Å². The van der Waals surface area contributed by atoms with Gasteiger partial charge in [0.05, 0.1) is 10.2 Å². The highest BCUT2D eigenvalue weighted by molar-refractivity contribution is 7.16. The molecule has 0 unspecified atom stereocenters. The molecule has 0 aliphatic carbocycles. The molecule has 2 heterocycles. The minimum absolute atomic E-state index is 0. The van der Waals surface area contributed by atoms with E-state index in [9.17, 15) is 4.79 Å². The average Bonchev–Trinajstić information content (AvgIpc) is 2.74. The normalized spacial score (nSPS) is 17.0. The second kappa shape index (κ2) is 6.92. The third kappa shape index (κ3) is 3.48. The van der Waals surface area contributed by atoms with E-state index in [1.54, 1.807) is 4.57 Å². The van der Waals surface area contributed by atoms with Crippen LogP contribution < -0.4 is 10.2 Å². The van der Waals surface area contributed by atoms with Crippen molar-refractivity contribution in [2.75, 3.05) is 20.1 Å². The molecular weight excluding hydrogens is 306 g/mol. The lowest BCUT2D eigenvalue weighted by Crippen LogP contribution is -2.40. The summed E-state index contributed by atoms with van der Waals surface area (Å²) in [6.07, 6.45) is 2.44. The summed E-state index contributed by atoms with van der Waals surface area (Å²) in [5, 5.41) is 3.36. The summed E-state index contributed by atoms with van der Waals surface area (Å²) in [5.41, 5.74) is 2.35. The molecule has 3 rings (SSSR count). The molecule has 1 aliphatic rings. The van der Waals surface area contributed by atoms with Crippen molar-refractivity contribution in [1.82, 2.24) is 14.8 Å². The van der Waals surface area contributed by atoms with Crippen LogP contribution in [0.25, 0.3) is 10.2 Å². The highest BCUT2D eigenvalue weighted by atomic mass is 35.5. The maximum Gasteiger partial charge on any atom is 0.307 e. The number of likely N-dealkylation sites (tertiary alicyclic amines) is 1. The Bertz CT molecular complexity index is 658. The van der Waals surface area contributed by atoms with Gasteiger partial charge in [-0.2, -0.15) is 0 Å². The maximum absolute atomic E-state index is 11.7.